The zero-order chi connectivity index (χ0) is 23.5. The molecule has 0 radical (unpaired) electrons. The molecule has 2 aromatic heterocycles. The molecule has 3 aromatic rings. The van der Waals surface area contributed by atoms with Crippen molar-refractivity contribution in [3.63, 3.8) is 0 Å². The lowest BCUT2D eigenvalue weighted by atomic mass is 9.88. The molecule has 180 valence electrons. The van der Waals surface area contributed by atoms with E-state index in [0.29, 0.717) is 23.7 Å². The highest BCUT2D eigenvalue weighted by Gasteiger charge is 2.32. The topological polar surface area (TPSA) is 61.9 Å². The number of amides is 1. The number of aryl methyl sites for hydroxylation is 2. The van der Waals surface area contributed by atoms with Gasteiger partial charge in [-0.3, -0.25) is 4.79 Å². The Balaban J connectivity index is 1.25. The van der Waals surface area contributed by atoms with Crippen molar-refractivity contribution in [1.82, 2.24) is 19.9 Å². The van der Waals surface area contributed by atoms with Crippen LogP contribution in [-0.4, -0.2) is 43.6 Å². The third kappa shape index (κ3) is 5.17. The number of hydrogen-bond acceptors (Lipinski definition) is 4. The summed E-state index contributed by atoms with van der Waals surface area (Å²) in [6.45, 7) is 4.23. The van der Waals surface area contributed by atoms with Crippen molar-refractivity contribution in [2.45, 2.75) is 95.2 Å². The van der Waals surface area contributed by atoms with E-state index in [-0.39, 0.29) is 0 Å². The van der Waals surface area contributed by atoms with E-state index in [1.165, 1.54) is 75.3 Å². The van der Waals surface area contributed by atoms with Gasteiger partial charge in [0.05, 0.1) is 21.8 Å². The fraction of sp³-hybridized carbons (Fsp3) is 0.536. The quantitative estimate of drug-likeness (QED) is 0.396. The molecule has 2 heterocycles. The third-order valence-corrected chi connectivity index (χ3v) is 8.60. The van der Waals surface area contributed by atoms with Gasteiger partial charge in [0.2, 0.25) is 5.91 Å². The number of aromatic nitrogens is 3. The highest BCUT2D eigenvalue weighted by molar-refractivity contribution is 7.99. The number of benzene rings is 1. The van der Waals surface area contributed by atoms with Gasteiger partial charge in [0.1, 0.15) is 5.82 Å². The first-order valence-electron chi connectivity index (χ1n) is 13.0. The van der Waals surface area contributed by atoms with E-state index in [0.717, 1.165) is 27.4 Å². The summed E-state index contributed by atoms with van der Waals surface area (Å²) in [4.78, 5) is 28.5. The van der Waals surface area contributed by atoms with Crippen LogP contribution in [0.15, 0.2) is 35.5 Å². The van der Waals surface area contributed by atoms with Crippen molar-refractivity contribution in [1.29, 1.82) is 0 Å². The Hall–Kier alpha value is -2.34. The molecule has 2 aliphatic rings. The second-order valence-corrected chi connectivity index (χ2v) is 11.1. The van der Waals surface area contributed by atoms with Crippen LogP contribution in [0.1, 0.15) is 75.3 Å². The number of aromatic amines is 1. The van der Waals surface area contributed by atoms with E-state index in [4.69, 9.17) is 4.98 Å². The molecule has 0 aliphatic heterocycles. The molecule has 6 heteroatoms. The number of carbonyl (C=O) groups excluding carboxylic acids is 1. The molecular weight excluding hydrogens is 440 g/mol. The Morgan fingerprint density at radius 2 is 1.62 bits per heavy atom. The molecule has 0 bridgehead atoms. The maximum atomic E-state index is 13.4. The monoisotopic (exact) mass is 476 g/mol. The average molecular weight is 477 g/mol. The van der Waals surface area contributed by atoms with Crippen molar-refractivity contribution < 1.29 is 4.79 Å². The van der Waals surface area contributed by atoms with Crippen LogP contribution >= 0.6 is 11.8 Å². The van der Waals surface area contributed by atoms with Crippen molar-refractivity contribution in [2.24, 2.45) is 0 Å². The van der Waals surface area contributed by atoms with E-state index in [1.54, 1.807) is 11.8 Å². The normalized spacial score (nSPS) is 17.8. The van der Waals surface area contributed by atoms with Crippen molar-refractivity contribution in [3.8, 4) is 11.4 Å². The zero-order valence-electron chi connectivity index (χ0n) is 20.5. The Bertz CT molecular complexity index is 1070. The van der Waals surface area contributed by atoms with Gasteiger partial charge in [-0.15, -0.1) is 0 Å². The van der Waals surface area contributed by atoms with Crippen LogP contribution in [0.3, 0.4) is 0 Å². The Labute approximate surface area is 207 Å². The molecule has 5 rings (SSSR count). The number of H-pyrrole nitrogens is 1. The highest BCUT2D eigenvalue weighted by Crippen LogP contribution is 2.31. The summed E-state index contributed by atoms with van der Waals surface area (Å²) in [5.41, 5.74) is 5.50. The fourth-order valence-electron chi connectivity index (χ4n) is 5.65. The van der Waals surface area contributed by atoms with Crippen LogP contribution in [0, 0.1) is 13.8 Å². The lowest BCUT2D eigenvalue weighted by Crippen LogP contribution is -2.49. The number of fused-ring (bicyclic) bond motifs is 1. The van der Waals surface area contributed by atoms with Crippen LogP contribution in [0.2, 0.25) is 0 Å². The molecule has 2 fully saturated rings. The average Bonchev–Trinajstić information content (AvgIpc) is 3.27. The number of pyridine rings is 1. The van der Waals surface area contributed by atoms with Crippen LogP contribution in [0.4, 0.5) is 0 Å². The van der Waals surface area contributed by atoms with Crippen molar-refractivity contribution >= 4 is 28.7 Å². The molecule has 5 nitrogen and oxygen atoms in total. The van der Waals surface area contributed by atoms with Gasteiger partial charge in [-0.25, -0.2) is 9.97 Å². The van der Waals surface area contributed by atoms with Gasteiger partial charge in [-0.1, -0.05) is 50.3 Å². The van der Waals surface area contributed by atoms with Gasteiger partial charge in [-0.2, -0.15) is 0 Å². The number of carbonyl (C=O) groups is 1. The minimum absolute atomic E-state index is 0.303. The van der Waals surface area contributed by atoms with Gasteiger partial charge >= 0.3 is 0 Å². The van der Waals surface area contributed by atoms with Gasteiger partial charge in [-0.05, 0) is 74.9 Å². The van der Waals surface area contributed by atoms with Crippen LogP contribution in [0.5, 0.6) is 0 Å². The largest absolute Gasteiger partial charge is 0.338 e. The predicted octanol–water partition coefficient (Wildman–Crippen LogP) is 6.83. The second kappa shape index (κ2) is 10.5. The SMILES string of the molecule is Cc1cc2nc(-c3ccc(SCC(=O)N(C4CCCCC4)C4CCCCC4)nc3)[nH]c2cc1C. The van der Waals surface area contributed by atoms with Crippen LogP contribution < -0.4 is 0 Å². The van der Waals surface area contributed by atoms with Crippen molar-refractivity contribution in [3.05, 3.63) is 41.6 Å². The Kier molecular flexibility index (Phi) is 7.23. The molecule has 1 N–H and O–H groups in total. The summed E-state index contributed by atoms with van der Waals surface area (Å²) in [7, 11) is 0. The number of imidazole rings is 1. The molecular formula is C28H36N4OS. The Morgan fingerprint density at radius 1 is 0.971 bits per heavy atom. The third-order valence-electron chi connectivity index (χ3n) is 7.67. The van der Waals surface area contributed by atoms with Crippen LogP contribution in [0.25, 0.3) is 22.4 Å². The molecule has 2 saturated carbocycles. The van der Waals surface area contributed by atoms with Gasteiger partial charge in [0, 0.05) is 23.8 Å². The lowest BCUT2D eigenvalue weighted by Gasteiger charge is -2.41. The molecule has 1 amide bonds. The first-order chi connectivity index (χ1) is 16.6. The molecule has 2 aliphatic carbocycles. The van der Waals surface area contributed by atoms with Gasteiger partial charge < -0.3 is 9.88 Å². The van der Waals surface area contributed by atoms with Crippen LogP contribution in [-0.2, 0) is 4.79 Å². The van der Waals surface area contributed by atoms with E-state index in [2.05, 4.69) is 46.9 Å². The minimum Gasteiger partial charge on any atom is -0.338 e. The van der Waals surface area contributed by atoms with E-state index < -0.39 is 0 Å². The molecule has 0 spiro atoms. The Morgan fingerprint density at radius 3 is 2.24 bits per heavy atom. The fourth-order valence-corrected chi connectivity index (χ4v) is 6.36. The molecule has 0 atom stereocenters. The molecule has 34 heavy (non-hydrogen) atoms. The predicted molar refractivity (Wildman–Crippen MR) is 140 cm³/mol. The standard InChI is InChI=1S/C28H36N4OS/c1-19-15-24-25(16-20(19)2)31-28(30-24)21-13-14-26(29-17-21)34-18-27(33)32(22-9-5-3-6-10-22)23-11-7-4-8-12-23/h13-17,22-23H,3-12,18H2,1-2H3,(H,30,31). The summed E-state index contributed by atoms with van der Waals surface area (Å²) < 4.78 is 0. The summed E-state index contributed by atoms with van der Waals surface area (Å²) in [6, 6.07) is 9.23. The summed E-state index contributed by atoms with van der Waals surface area (Å²) >= 11 is 1.56. The first kappa shape index (κ1) is 23.4. The number of thioether (sulfide) groups is 1. The maximum absolute atomic E-state index is 13.4. The zero-order valence-corrected chi connectivity index (χ0v) is 21.3. The number of hydrogen-bond donors (Lipinski definition) is 1. The lowest BCUT2D eigenvalue weighted by molar-refractivity contribution is -0.135. The number of nitrogens with one attached hydrogen (secondary N) is 1. The summed E-state index contributed by atoms with van der Waals surface area (Å²) in [5.74, 6) is 1.61. The molecule has 0 saturated heterocycles. The molecule has 1 aromatic carbocycles. The van der Waals surface area contributed by atoms with Crippen molar-refractivity contribution in [2.75, 3.05) is 5.75 Å². The molecule has 0 unspecified atom stereocenters. The summed E-state index contributed by atoms with van der Waals surface area (Å²) in [5, 5.41) is 0.895. The number of rotatable bonds is 6. The smallest absolute Gasteiger partial charge is 0.233 e. The first-order valence-corrected chi connectivity index (χ1v) is 13.9. The van der Waals surface area contributed by atoms with Gasteiger partial charge in [0.25, 0.3) is 0 Å². The van der Waals surface area contributed by atoms with E-state index in [9.17, 15) is 4.79 Å². The van der Waals surface area contributed by atoms with E-state index >= 15 is 0 Å². The minimum atomic E-state index is 0.303. The van der Waals surface area contributed by atoms with Gasteiger partial charge in [0.15, 0.2) is 0 Å². The number of nitrogens with zero attached hydrogens (tertiary/aromatic N) is 3. The highest BCUT2D eigenvalue weighted by atomic mass is 32.2. The summed E-state index contributed by atoms with van der Waals surface area (Å²) in [6.07, 6.45) is 14.3. The second-order valence-electron chi connectivity index (χ2n) is 10.1. The van der Waals surface area contributed by atoms with E-state index in [1.807, 2.05) is 12.3 Å². The maximum Gasteiger partial charge on any atom is 0.233 e.